The molecule has 88 valence electrons. The Morgan fingerprint density at radius 3 is 2.13 bits per heavy atom. The number of carbonyl (C=O) groups excluding carboxylic acids is 1. The Kier molecular flexibility index (Phi) is 3.77. The molecule has 0 N–H and O–H groups in total. The van der Waals surface area contributed by atoms with Crippen LogP contribution in [-0.4, -0.2) is 36.6 Å². The van der Waals surface area contributed by atoms with Gasteiger partial charge in [-0.2, -0.15) is 0 Å². The van der Waals surface area contributed by atoms with E-state index in [1.807, 2.05) is 13.8 Å². The number of likely N-dealkylation sites (tertiary alicyclic amines) is 1. The molecule has 2 unspecified atom stereocenters. The van der Waals surface area contributed by atoms with E-state index >= 15 is 0 Å². The first-order valence-electron chi connectivity index (χ1n) is 5.71. The summed E-state index contributed by atoms with van der Waals surface area (Å²) in [4.78, 5) is 13.9. The Bertz CT molecular complexity index is 228. The zero-order valence-electron chi connectivity index (χ0n) is 10.5. The van der Waals surface area contributed by atoms with Gasteiger partial charge in [-0.1, -0.05) is 13.8 Å². The summed E-state index contributed by atoms with van der Waals surface area (Å²) in [7, 11) is 1.46. The summed E-state index contributed by atoms with van der Waals surface area (Å²) in [6.45, 7) is 10.4. The average Bonchev–Trinajstić information content (AvgIpc) is 2.15. The molecule has 0 aromatic heterocycles. The molecule has 0 saturated carbocycles. The number of hydrogen-bond donors (Lipinski definition) is 0. The topological polar surface area (TPSA) is 29.5 Å². The summed E-state index contributed by atoms with van der Waals surface area (Å²) in [5.41, 5.74) is -0.488. The van der Waals surface area contributed by atoms with Gasteiger partial charge in [-0.15, -0.1) is 0 Å². The van der Waals surface area contributed by atoms with Gasteiger partial charge in [0.2, 0.25) is 0 Å². The summed E-state index contributed by atoms with van der Waals surface area (Å²) < 4.78 is 4.86. The standard InChI is InChI=1S/C12H23NO2/c1-9-6-10(2)8-13(7-9)12(3,4)11(14)15-5/h9-10H,6-8H2,1-5H3. The van der Waals surface area contributed by atoms with Crippen LogP contribution in [0.4, 0.5) is 0 Å². The van der Waals surface area contributed by atoms with Crippen LogP contribution in [0.25, 0.3) is 0 Å². The second-order valence-electron chi connectivity index (χ2n) is 5.40. The van der Waals surface area contributed by atoms with Gasteiger partial charge >= 0.3 is 5.97 Å². The maximum absolute atomic E-state index is 11.7. The molecule has 0 amide bonds. The summed E-state index contributed by atoms with van der Waals surface area (Å²) in [5, 5.41) is 0. The van der Waals surface area contributed by atoms with Gasteiger partial charge in [0, 0.05) is 13.1 Å². The molecule has 1 fully saturated rings. The summed E-state index contributed by atoms with van der Waals surface area (Å²) in [5.74, 6) is 1.19. The Morgan fingerprint density at radius 2 is 1.73 bits per heavy atom. The molecule has 1 rings (SSSR count). The van der Waals surface area contributed by atoms with Crippen molar-refractivity contribution in [2.24, 2.45) is 11.8 Å². The predicted molar refractivity (Wildman–Crippen MR) is 60.6 cm³/mol. The monoisotopic (exact) mass is 213 g/mol. The fourth-order valence-electron chi connectivity index (χ4n) is 2.50. The molecule has 3 heteroatoms. The van der Waals surface area contributed by atoms with Crippen molar-refractivity contribution in [2.75, 3.05) is 20.2 Å². The molecule has 0 aromatic carbocycles. The van der Waals surface area contributed by atoms with Crippen LogP contribution in [0.2, 0.25) is 0 Å². The fourth-order valence-corrected chi connectivity index (χ4v) is 2.50. The van der Waals surface area contributed by atoms with Crippen LogP contribution >= 0.6 is 0 Å². The Labute approximate surface area is 92.8 Å². The lowest BCUT2D eigenvalue weighted by Gasteiger charge is -2.43. The highest BCUT2D eigenvalue weighted by atomic mass is 16.5. The minimum Gasteiger partial charge on any atom is -0.468 e. The number of hydrogen-bond acceptors (Lipinski definition) is 3. The van der Waals surface area contributed by atoms with Gasteiger partial charge in [0.25, 0.3) is 0 Å². The molecule has 1 aliphatic rings. The molecule has 0 spiro atoms. The van der Waals surface area contributed by atoms with Crippen LogP contribution in [0.15, 0.2) is 0 Å². The second-order valence-corrected chi connectivity index (χ2v) is 5.40. The number of esters is 1. The second kappa shape index (κ2) is 4.52. The number of piperidine rings is 1. The van der Waals surface area contributed by atoms with E-state index in [9.17, 15) is 4.79 Å². The van der Waals surface area contributed by atoms with E-state index in [4.69, 9.17) is 4.74 Å². The predicted octanol–water partition coefficient (Wildman–Crippen LogP) is 1.92. The summed E-state index contributed by atoms with van der Waals surface area (Å²) >= 11 is 0. The van der Waals surface area contributed by atoms with Crippen molar-refractivity contribution in [3.63, 3.8) is 0 Å². The molecule has 1 aliphatic heterocycles. The quantitative estimate of drug-likeness (QED) is 0.656. The lowest BCUT2D eigenvalue weighted by molar-refractivity contribution is -0.155. The molecule has 0 radical (unpaired) electrons. The SMILES string of the molecule is COC(=O)C(C)(C)N1CC(C)CC(C)C1. The van der Waals surface area contributed by atoms with Gasteiger partial charge in [-0.3, -0.25) is 9.69 Å². The first kappa shape index (κ1) is 12.5. The summed E-state index contributed by atoms with van der Waals surface area (Å²) in [6.07, 6.45) is 1.26. The zero-order chi connectivity index (χ0) is 11.6. The maximum Gasteiger partial charge on any atom is 0.325 e. The van der Waals surface area contributed by atoms with E-state index in [1.165, 1.54) is 13.5 Å². The minimum absolute atomic E-state index is 0.135. The van der Waals surface area contributed by atoms with Gasteiger partial charge in [-0.25, -0.2) is 0 Å². The highest BCUT2D eigenvalue weighted by molar-refractivity contribution is 5.79. The molecule has 2 atom stereocenters. The minimum atomic E-state index is -0.488. The van der Waals surface area contributed by atoms with E-state index in [1.54, 1.807) is 0 Å². The van der Waals surface area contributed by atoms with Gasteiger partial charge in [0.15, 0.2) is 0 Å². The molecule has 1 heterocycles. The van der Waals surface area contributed by atoms with Crippen molar-refractivity contribution in [3.8, 4) is 0 Å². The van der Waals surface area contributed by atoms with Crippen LogP contribution in [0, 0.1) is 11.8 Å². The lowest BCUT2D eigenvalue weighted by Crippen LogP contribution is -2.55. The molecular weight excluding hydrogens is 190 g/mol. The molecule has 0 aliphatic carbocycles. The fraction of sp³-hybridized carbons (Fsp3) is 0.917. The van der Waals surface area contributed by atoms with Gasteiger partial charge in [0.05, 0.1) is 7.11 Å². The van der Waals surface area contributed by atoms with Crippen LogP contribution in [0.3, 0.4) is 0 Å². The molecular formula is C12H23NO2. The Hall–Kier alpha value is -0.570. The van der Waals surface area contributed by atoms with Gasteiger partial charge in [0.1, 0.15) is 5.54 Å². The molecule has 0 aromatic rings. The smallest absolute Gasteiger partial charge is 0.325 e. The van der Waals surface area contributed by atoms with E-state index in [2.05, 4.69) is 18.7 Å². The van der Waals surface area contributed by atoms with Crippen molar-refractivity contribution in [3.05, 3.63) is 0 Å². The van der Waals surface area contributed by atoms with E-state index in [0.29, 0.717) is 11.8 Å². The number of carbonyl (C=O) groups is 1. The lowest BCUT2D eigenvalue weighted by atomic mass is 9.88. The highest BCUT2D eigenvalue weighted by Gasteiger charge is 2.38. The molecule has 3 nitrogen and oxygen atoms in total. The van der Waals surface area contributed by atoms with E-state index in [-0.39, 0.29) is 5.97 Å². The van der Waals surface area contributed by atoms with Crippen LogP contribution in [0.1, 0.15) is 34.1 Å². The van der Waals surface area contributed by atoms with Crippen LogP contribution in [-0.2, 0) is 9.53 Å². The third kappa shape index (κ3) is 2.71. The van der Waals surface area contributed by atoms with Crippen molar-refractivity contribution < 1.29 is 9.53 Å². The number of nitrogens with zero attached hydrogens (tertiary/aromatic N) is 1. The first-order valence-corrected chi connectivity index (χ1v) is 5.71. The van der Waals surface area contributed by atoms with E-state index < -0.39 is 5.54 Å². The maximum atomic E-state index is 11.7. The van der Waals surface area contributed by atoms with Crippen LogP contribution in [0.5, 0.6) is 0 Å². The molecule has 1 saturated heterocycles. The van der Waals surface area contributed by atoms with E-state index in [0.717, 1.165) is 13.1 Å². The Morgan fingerprint density at radius 1 is 1.27 bits per heavy atom. The van der Waals surface area contributed by atoms with Crippen LogP contribution < -0.4 is 0 Å². The molecule has 0 bridgehead atoms. The largest absolute Gasteiger partial charge is 0.468 e. The van der Waals surface area contributed by atoms with Gasteiger partial charge < -0.3 is 4.74 Å². The first-order chi connectivity index (χ1) is 6.87. The molecule has 15 heavy (non-hydrogen) atoms. The normalized spacial score (nSPS) is 28.9. The van der Waals surface area contributed by atoms with Crippen molar-refractivity contribution >= 4 is 5.97 Å². The van der Waals surface area contributed by atoms with Crippen molar-refractivity contribution in [1.82, 2.24) is 4.90 Å². The van der Waals surface area contributed by atoms with Crippen molar-refractivity contribution in [1.29, 1.82) is 0 Å². The number of ether oxygens (including phenoxy) is 1. The third-order valence-electron chi connectivity index (χ3n) is 3.34. The van der Waals surface area contributed by atoms with Gasteiger partial charge in [-0.05, 0) is 32.1 Å². The number of rotatable bonds is 2. The number of methoxy groups -OCH3 is 1. The Balaban J connectivity index is 2.73. The average molecular weight is 213 g/mol. The van der Waals surface area contributed by atoms with Crippen molar-refractivity contribution in [2.45, 2.75) is 39.7 Å². The highest BCUT2D eigenvalue weighted by Crippen LogP contribution is 2.27. The third-order valence-corrected chi connectivity index (χ3v) is 3.34. The zero-order valence-corrected chi connectivity index (χ0v) is 10.5. The summed E-state index contributed by atoms with van der Waals surface area (Å²) in [6, 6.07) is 0.